The van der Waals surface area contributed by atoms with Crippen molar-refractivity contribution in [3.8, 4) is 0 Å². The number of aryl methyl sites for hydroxylation is 1. The Hall–Kier alpha value is -1.56. The molecule has 0 radical (unpaired) electrons. The topological polar surface area (TPSA) is 65.6 Å². The molecule has 5 nitrogen and oxygen atoms in total. The first-order chi connectivity index (χ1) is 7.28. The van der Waals surface area contributed by atoms with E-state index in [4.69, 9.17) is 0 Å². The second-order valence-electron chi connectivity index (χ2n) is 3.14. The number of hydrogen-bond acceptors (Lipinski definition) is 5. The number of nitrogens with one attached hydrogen (secondary N) is 3. The molecule has 0 aliphatic rings. The lowest BCUT2D eigenvalue weighted by Gasteiger charge is -1.98. The van der Waals surface area contributed by atoms with Gasteiger partial charge in [-0.25, -0.2) is 0 Å². The van der Waals surface area contributed by atoms with Crippen LogP contribution in [0.25, 0.3) is 0 Å². The molecule has 2 heterocycles. The molecule has 0 fully saturated rings. The Labute approximate surface area is 91.9 Å². The Morgan fingerprint density at radius 1 is 1.33 bits per heavy atom. The van der Waals surface area contributed by atoms with Crippen molar-refractivity contribution in [1.82, 2.24) is 15.2 Å². The highest BCUT2D eigenvalue weighted by Crippen LogP contribution is 2.15. The highest BCUT2D eigenvalue weighted by Gasteiger charge is 2.01. The second-order valence-corrected chi connectivity index (χ2v) is 4.51. The van der Waals surface area contributed by atoms with Crippen LogP contribution in [0.2, 0.25) is 0 Å². The molecule has 0 saturated heterocycles. The van der Waals surface area contributed by atoms with Crippen LogP contribution < -0.4 is 10.6 Å². The van der Waals surface area contributed by atoms with E-state index in [-0.39, 0.29) is 0 Å². The van der Waals surface area contributed by atoms with Crippen molar-refractivity contribution >= 4 is 23.2 Å². The summed E-state index contributed by atoms with van der Waals surface area (Å²) < 4.78 is 0. The molecule has 80 valence electrons. The van der Waals surface area contributed by atoms with Gasteiger partial charge in [-0.05, 0) is 19.1 Å². The van der Waals surface area contributed by atoms with Crippen molar-refractivity contribution in [3.05, 3.63) is 21.9 Å². The van der Waals surface area contributed by atoms with E-state index >= 15 is 0 Å². The molecule has 3 N–H and O–H groups in total. The fraction of sp³-hybridized carbons (Fsp3) is 0.333. The monoisotopic (exact) mass is 223 g/mol. The van der Waals surface area contributed by atoms with E-state index in [1.807, 2.05) is 0 Å². The molecule has 6 heteroatoms. The van der Waals surface area contributed by atoms with Crippen molar-refractivity contribution in [2.75, 3.05) is 17.7 Å². The van der Waals surface area contributed by atoms with Crippen LogP contribution >= 0.6 is 11.3 Å². The molecule has 0 bridgehead atoms. The molecule has 2 aromatic rings. The molecule has 0 spiro atoms. The summed E-state index contributed by atoms with van der Waals surface area (Å²) in [6, 6.07) is 4.23. The number of aromatic amines is 1. The number of anilines is 2. The standard InChI is InChI=1S/C9H13N5S/c1-6-3-4-7(15-6)5-11-9-12-8(10-2)13-14-9/h3-4H,5H2,1-2H3,(H3,10,11,12,13,14). The van der Waals surface area contributed by atoms with Gasteiger partial charge in [-0.2, -0.15) is 0 Å². The van der Waals surface area contributed by atoms with Crippen molar-refractivity contribution in [2.24, 2.45) is 0 Å². The van der Waals surface area contributed by atoms with Crippen LogP contribution in [0.5, 0.6) is 0 Å². The van der Waals surface area contributed by atoms with Crippen LogP contribution in [-0.4, -0.2) is 22.2 Å². The van der Waals surface area contributed by atoms with Crippen molar-refractivity contribution < 1.29 is 0 Å². The first kappa shape index (κ1) is 9.97. The Balaban J connectivity index is 1.93. The van der Waals surface area contributed by atoms with Gasteiger partial charge in [0.15, 0.2) is 0 Å². The Morgan fingerprint density at radius 3 is 2.73 bits per heavy atom. The van der Waals surface area contributed by atoms with E-state index in [0.29, 0.717) is 11.9 Å². The second kappa shape index (κ2) is 4.31. The summed E-state index contributed by atoms with van der Waals surface area (Å²) in [5.41, 5.74) is 0. The lowest BCUT2D eigenvalue weighted by molar-refractivity contribution is 1.05. The molecular weight excluding hydrogens is 210 g/mol. The largest absolute Gasteiger partial charge is 0.358 e. The summed E-state index contributed by atoms with van der Waals surface area (Å²) in [7, 11) is 1.80. The third kappa shape index (κ3) is 2.47. The molecule has 0 atom stereocenters. The van der Waals surface area contributed by atoms with E-state index in [9.17, 15) is 0 Å². The Bertz CT molecular complexity index is 433. The van der Waals surface area contributed by atoms with E-state index < -0.39 is 0 Å². The van der Waals surface area contributed by atoms with Crippen LogP contribution in [0.4, 0.5) is 11.9 Å². The Kier molecular flexibility index (Phi) is 2.86. The fourth-order valence-corrected chi connectivity index (χ4v) is 2.04. The molecular formula is C9H13N5S. The third-order valence-electron chi connectivity index (χ3n) is 1.95. The average Bonchev–Trinajstić information content (AvgIpc) is 2.83. The van der Waals surface area contributed by atoms with Crippen LogP contribution in [0.3, 0.4) is 0 Å². The molecule has 0 unspecified atom stereocenters. The lowest BCUT2D eigenvalue weighted by atomic mass is 10.4. The molecule has 0 aliphatic carbocycles. The van der Waals surface area contributed by atoms with E-state index in [0.717, 1.165) is 6.54 Å². The predicted molar refractivity (Wildman–Crippen MR) is 62.3 cm³/mol. The number of nitrogens with zero attached hydrogens (tertiary/aromatic N) is 2. The molecule has 0 amide bonds. The average molecular weight is 223 g/mol. The van der Waals surface area contributed by atoms with Crippen LogP contribution in [0.1, 0.15) is 9.75 Å². The lowest BCUT2D eigenvalue weighted by Crippen LogP contribution is -1.99. The summed E-state index contributed by atoms with van der Waals surface area (Å²) >= 11 is 1.78. The molecule has 0 aromatic carbocycles. The quantitative estimate of drug-likeness (QED) is 0.740. The zero-order chi connectivity index (χ0) is 10.7. The first-order valence-corrected chi connectivity index (χ1v) is 5.49. The van der Waals surface area contributed by atoms with Gasteiger partial charge in [-0.15, -0.1) is 21.5 Å². The fourth-order valence-electron chi connectivity index (χ4n) is 1.21. The molecule has 2 rings (SSSR count). The van der Waals surface area contributed by atoms with Gasteiger partial charge in [0.2, 0.25) is 11.9 Å². The summed E-state index contributed by atoms with van der Waals surface area (Å²) in [5, 5.41) is 13.9. The summed E-state index contributed by atoms with van der Waals surface area (Å²) in [6.07, 6.45) is 0. The summed E-state index contributed by atoms with van der Waals surface area (Å²) in [6.45, 7) is 2.87. The maximum atomic E-state index is 3.93. The van der Waals surface area contributed by atoms with Gasteiger partial charge < -0.3 is 10.6 Å². The highest BCUT2D eigenvalue weighted by molar-refractivity contribution is 7.11. The number of hydrogen-bond donors (Lipinski definition) is 3. The minimum Gasteiger partial charge on any atom is -0.358 e. The molecule has 2 aromatic heterocycles. The van der Waals surface area contributed by atoms with Crippen molar-refractivity contribution in [2.45, 2.75) is 13.5 Å². The van der Waals surface area contributed by atoms with Gasteiger partial charge >= 0.3 is 0 Å². The van der Waals surface area contributed by atoms with Gasteiger partial charge in [0, 0.05) is 16.8 Å². The summed E-state index contributed by atoms with van der Waals surface area (Å²) in [5.74, 6) is 1.35. The highest BCUT2D eigenvalue weighted by atomic mass is 32.1. The zero-order valence-corrected chi connectivity index (χ0v) is 9.48. The van der Waals surface area contributed by atoms with Gasteiger partial charge in [-0.3, -0.25) is 4.98 Å². The smallest absolute Gasteiger partial charge is 0.223 e. The van der Waals surface area contributed by atoms with Gasteiger partial charge in [0.05, 0.1) is 6.54 Å². The number of H-pyrrole nitrogens is 1. The van der Waals surface area contributed by atoms with E-state index in [1.165, 1.54) is 9.75 Å². The van der Waals surface area contributed by atoms with Gasteiger partial charge in [-0.1, -0.05) is 0 Å². The normalized spacial score (nSPS) is 10.3. The summed E-state index contributed by atoms with van der Waals surface area (Å²) in [4.78, 5) is 5.61. The van der Waals surface area contributed by atoms with Crippen LogP contribution in [0.15, 0.2) is 12.1 Å². The SMILES string of the molecule is CNc1nnc(NCc2ccc(C)s2)[nH]1. The number of aromatic nitrogens is 3. The van der Waals surface area contributed by atoms with Gasteiger partial charge in [0.25, 0.3) is 0 Å². The van der Waals surface area contributed by atoms with Crippen molar-refractivity contribution in [3.63, 3.8) is 0 Å². The van der Waals surface area contributed by atoms with Crippen molar-refractivity contribution in [1.29, 1.82) is 0 Å². The van der Waals surface area contributed by atoms with Crippen LogP contribution in [-0.2, 0) is 6.54 Å². The van der Waals surface area contributed by atoms with Crippen LogP contribution in [0, 0.1) is 6.92 Å². The number of thiophene rings is 1. The zero-order valence-electron chi connectivity index (χ0n) is 8.66. The molecule has 0 saturated carbocycles. The number of rotatable bonds is 4. The molecule has 0 aliphatic heterocycles. The minimum absolute atomic E-state index is 0.667. The molecule has 15 heavy (non-hydrogen) atoms. The maximum Gasteiger partial charge on any atom is 0.223 e. The van der Waals surface area contributed by atoms with E-state index in [2.05, 4.69) is 44.9 Å². The van der Waals surface area contributed by atoms with Gasteiger partial charge in [0.1, 0.15) is 0 Å². The Morgan fingerprint density at radius 2 is 2.13 bits per heavy atom. The first-order valence-electron chi connectivity index (χ1n) is 4.67. The minimum atomic E-state index is 0.667. The maximum absolute atomic E-state index is 3.93. The van der Waals surface area contributed by atoms with E-state index in [1.54, 1.807) is 18.4 Å². The third-order valence-corrected chi connectivity index (χ3v) is 2.95. The predicted octanol–water partition coefficient (Wildman–Crippen LogP) is 1.83.